The smallest absolute Gasteiger partial charge is 0.330 e. The molecule has 6 rings (SSSR count). The van der Waals surface area contributed by atoms with E-state index in [0.717, 1.165) is 74.5 Å². The van der Waals surface area contributed by atoms with Crippen LogP contribution in [0.25, 0.3) is 22.3 Å². The van der Waals surface area contributed by atoms with Crippen LogP contribution in [0.5, 0.6) is 23.0 Å². The molecule has 0 spiro atoms. The van der Waals surface area contributed by atoms with Gasteiger partial charge in [-0.1, -0.05) is 37.4 Å². The van der Waals surface area contributed by atoms with Crippen LogP contribution in [0.1, 0.15) is 37.7 Å². The standard InChI is InChI=1S/C29H34F2O8.C27H26F2O8/c1-2-27(32)37-17-18-39-29-25(30)19-23(20-26(29)31)22-3-5-24(6-4-22)36-15-16-38-28(33)10-14-35-13-9-21-7-11-34-12-8-21;1-2-25(30)35-13-14-37-27-23(28)15-21(16-24(27)29)20-3-5-22(6-4-20)34-11-12-36-26(31)8-10-33-18-19-7-9-32-17-19/h2-6,19-21H,1,7-18H2;2-7,9,15-17H,1,8,10-14,18H2. The quantitative estimate of drug-likeness (QED) is 0.0134. The number of hydrogen-bond donors (Lipinski definition) is 0. The van der Waals surface area contributed by atoms with Gasteiger partial charge in [0.2, 0.25) is 0 Å². The molecule has 0 atom stereocenters. The molecule has 76 heavy (non-hydrogen) atoms. The van der Waals surface area contributed by atoms with Gasteiger partial charge in [-0.2, -0.15) is 0 Å². The zero-order valence-electron chi connectivity index (χ0n) is 41.8. The van der Waals surface area contributed by atoms with Crippen LogP contribution in [-0.2, 0) is 58.9 Å². The van der Waals surface area contributed by atoms with Crippen molar-refractivity contribution in [2.75, 3.05) is 85.9 Å². The summed E-state index contributed by atoms with van der Waals surface area (Å²) in [5, 5.41) is 0. The summed E-state index contributed by atoms with van der Waals surface area (Å²) in [5.41, 5.74) is 2.62. The van der Waals surface area contributed by atoms with Crippen molar-refractivity contribution < 1.29 is 93.3 Å². The minimum Gasteiger partial charge on any atom is -0.490 e. The predicted molar refractivity (Wildman–Crippen MR) is 266 cm³/mol. The van der Waals surface area contributed by atoms with Gasteiger partial charge in [-0.3, -0.25) is 9.59 Å². The molecule has 5 aromatic rings. The van der Waals surface area contributed by atoms with Gasteiger partial charge in [-0.15, -0.1) is 0 Å². The highest BCUT2D eigenvalue weighted by Crippen LogP contribution is 2.32. The first-order valence-electron chi connectivity index (χ1n) is 24.3. The molecule has 0 unspecified atom stereocenters. The maximum atomic E-state index is 14.4. The fourth-order valence-corrected chi connectivity index (χ4v) is 6.94. The largest absolute Gasteiger partial charge is 0.490 e. The van der Waals surface area contributed by atoms with Crippen LogP contribution in [0.15, 0.2) is 121 Å². The lowest BCUT2D eigenvalue weighted by Gasteiger charge is -2.21. The summed E-state index contributed by atoms with van der Waals surface area (Å²) in [6.45, 7) is 9.34. The van der Waals surface area contributed by atoms with Crippen molar-refractivity contribution in [2.45, 2.75) is 38.7 Å². The molecular formula is C56H60F4O16. The minimum atomic E-state index is -0.890. The van der Waals surface area contributed by atoms with Crippen LogP contribution in [0.2, 0.25) is 0 Å². The Hall–Kier alpha value is -7.68. The Labute approximate surface area is 437 Å². The number of halogens is 4. The third-order valence-corrected chi connectivity index (χ3v) is 10.8. The first-order valence-corrected chi connectivity index (χ1v) is 24.3. The first kappa shape index (κ1) is 59.2. The molecule has 1 aliphatic heterocycles. The van der Waals surface area contributed by atoms with E-state index in [1.54, 1.807) is 67.1 Å². The van der Waals surface area contributed by atoms with Crippen LogP contribution >= 0.6 is 0 Å². The number of benzene rings is 4. The lowest BCUT2D eigenvalue weighted by Crippen LogP contribution is -2.18. The van der Waals surface area contributed by atoms with Crippen LogP contribution in [-0.4, -0.2) is 110 Å². The van der Waals surface area contributed by atoms with Gasteiger partial charge in [0.1, 0.15) is 64.4 Å². The summed E-state index contributed by atoms with van der Waals surface area (Å²) in [7, 11) is 0. The van der Waals surface area contributed by atoms with Crippen LogP contribution in [0.3, 0.4) is 0 Å². The maximum Gasteiger partial charge on any atom is 0.330 e. The lowest BCUT2D eigenvalue weighted by molar-refractivity contribution is -0.146. The summed E-state index contributed by atoms with van der Waals surface area (Å²) in [6, 6.07) is 19.5. The molecule has 20 heteroatoms. The second-order valence-corrected chi connectivity index (χ2v) is 16.3. The Morgan fingerprint density at radius 3 is 1.38 bits per heavy atom. The van der Waals surface area contributed by atoms with Gasteiger partial charge in [0, 0.05) is 37.5 Å². The topological polar surface area (TPSA) is 183 Å². The van der Waals surface area contributed by atoms with E-state index in [0.29, 0.717) is 59.5 Å². The summed E-state index contributed by atoms with van der Waals surface area (Å²) < 4.78 is 120. The maximum absolute atomic E-state index is 14.4. The fourth-order valence-electron chi connectivity index (χ4n) is 6.94. The van der Waals surface area contributed by atoms with Gasteiger partial charge < -0.3 is 56.5 Å². The zero-order chi connectivity index (χ0) is 54.3. The third-order valence-electron chi connectivity index (χ3n) is 10.8. The highest BCUT2D eigenvalue weighted by molar-refractivity contribution is 5.81. The number of ether oxygens (including phenoxy) is 11. The van der Waals surface area contributed by atoms with E-state index in [1.165, 1.54) is 0 Å². The molecule has 1 saturated heterocycles. The van der Waals surface area contributed by atoms with Crippen molar-refractivity contribution in [2.24, 2.45) is 5.92 Å². The molecule has 0 amide bonds. The van der Waals surface area contributed by atoms with E-state index < -0.39 is 52.7 Å². The fraction of sp³-hybridized carbons (Fsp3) is 0.357. The molecule has 2 heterocycles. The number of esters is 4. The normalized spacial score (nSPS) is 12.1. The van der Waals surface area contributed by atoms with E-state index >= 15 is 0 Å². The summed E-state index contributed by atoms with van der Waals surface area (Å²) in [5.74, 6) is -5.07. The van der Waals surface area contributed by atoms with Gasteiger partial charge in [-0.25, -0.2) is 27.2 Å². The van der Waals surface area contributed by atoms with Crippen molar-refractivity contribution in [1.29, 1.82) is 0 Å². The molecular weight excluding hydrogens is 1000 g/mol. The number of furan rings is 1. The third kappa shape index (κ3) is 21.7. The molecule has 0 N–H and O–H groups in total. The Morgan fingerprint density at radius 2 is 0.947 bits per heavy atom. The van der Waals surface area contributed by atoms with Gasteiger partial charge >= 0.3 is 23.9 Å². The predicted octanol–water partition coefficient (Wildman–Crippen LogP) is 9.75. The van der Waals surface area contributed by atoms with Crippen molar-refractivity contribution in [1.82, 2.24) is 0 Å². The Bertz CT molecular complexity index is 2540. The average Bonchev–Trinajstić information content (AvgIpc) is 3.96. The number of carbonyl (C=O) groups excluding carboxylic acids is 4. The van der Waals surface area contributed by atoms with Crippen LogP contribution in [0.4, 0.5) is 17.6 Å². The SMILES string of the molecule is C=CC(=O)OCCOc1c(F)cc(-c2ccc(OCCOC(=O)CCOCCC3CCOCC3)cc2)cc1F.C=CC(=O)OCCOc1c(F)cc(-c2ccc(OCCOC(=O)CCOCc3ccoc3)cc2)cc1F. The molecule has 408 valence electrons. The average molecular weight is 1070 g/mol. The van der Waals surface area contributed by atoms with Crippen molar-refractivity contribution >= 4 is 23.9 Å². The minimum absolute atomic E-state index is 0.0625. The van der Waals surface area contributed by atoms with Gasteiger partial charge in [0.05, 0.1) is 45.2 Å². The van der Waals surface area contributed by atoms with Crippen LogP contribution in [0, 0.1) is 29.2 Å². The molecule has 0 bridgehead atoms. The Morgan fingerprint density at radius 1 is 0.513 bits per heavy atom. The molecule has 0 aliphatic carbocycles. The Kier molecular flexibility index (Phi) is 25.9. The van der Waals surface area contributed by atoms with E-state index in [9.17, 15) is 36.7 Å². The summed E-state index contributed by atoms with van der Waals surface area (Å²) >= 11 is 0. The first-order chi connectivity index (χ1) is 36.9. The molecule has 1 aromatic heterocycles. The molecule has 0 saturated carbocycles. The molecule has 1 fully saturated rings. The number of hydrogen-bond acceptors (Lipinski definition) is 16. The molecule has 1 aliphatic rings. The summed E-state index contributed by atoms with van der Waals surface area (Å²) in [4.78, 5) is 45.6. The van der Waals surface area contributed by atoms with Crippen molar-refractivity contribution in [3.8, 4) is 45.3 Å². The van der Waals surface area contributed by atoms with E-state index in [1.807, 2.05) is 0 Å². The zero-order valence-corrected chi connectivity index (χ0v) is 41.8. The highest BCUT2D eigenvalue weighted by Gasteiger charge is 2.17. The molecule has 4 aromatic carbocycles. The van der Waals surface area contributed by atoms with Gasteiger partial charge in [-0.05, 0) is 102 Å². The van der Waals surface area contributed by atoms with Gasteiger partial charge in [0.25, 0.3) is 0 Å². The van der Waals surface area contributed by atoms with Crippen LogP contribution < -0.4 is 18.9 Å². The monoisotopic (exact) mass is 1060 g/mol. The van der Waals surface area contributed by atoms with Crippen molar-refractivity contribution in [3.63, 3.8) is 0 Å². The lowest BCUT2D eigenvalue weighted by atomic mass is 9.97. The number of rotatable bonds is 31. The molecule has 16 nitrogen and oxygen atoms in total. The van der Waals surface area contributed by atoms with E-state index in [4.69, 9.17) is 56.5 Å². The second-order valence-electron chi connectivity index (χ2n) is 16.3. The summed E-state index contributed by atoms with van der Waals surface area (Å²) in [6.07, 6.45) is 8.48. The van der Waals surface area contributed by atoms with E-state index in [-0.39, 0.29) is 78.3 Å². The van der Waals surface area contributed by atoms with Crippen molar-refractivity contribution in [3.05, 3.63) is 146 Å². The Balaban J connectivity index is 0.000000281. The number of carbonyl (C=O) groups is 4. The molecule has 0 radical (unpaired) electrons. The van der Waals surface area contributed by atoms with E-state index in [2.05, 4.69) is 13.2 Å². The second kappa shape index (κ2) is 33.3. The highest BCUT2D eigenvalue weighted by atomic mass is 19.1. The van der Waals surface area contributed by atoms with Gasteiger partial charge in [0.15, 0.2) is 34.8 Å².